The van der Waals surface area contributed by atoms with E-state index in [1.54, 1.807) is 5.38 Å². The van der Waals surface area contributed by atoms with Gasteiger partial charge in [-0.15, -0.1) is 23.1 Å². The number of aliphatic carboxylic acids is 1. The van der Waals surface area contributed by atoms with Gasteiger partial charge in [0.2, 0.25) is 0 Å². The molecule has 2 amide bonds. The standard InChI is InChI=1S/C23H24N6O5S2/c1-11-4-3-7-28(12(11)2)8-13-9-35-21-17(20(31)29(21)18(13)22(32)33)26-19(30)16(27-34-14-5-6-14)15-10-36-23(24)25-15/h3-4,7,10,14,17,21H,5-6,8-9H2,1-2H3,(H3-,24,25,26,30,32,33)/t17-,21+/m1/s1. The topological polar surface area (TPSA) is 154 Å². The Morgan fingerprint density at radius 2 is 2.17 bits per heavy atom. The van der Waals surface area contributed by atoms with Crippen molar-refractivity contribution in [2.75, 3.05) is 11.5 Å². The minimum absolute atomic E-state index is 0.0393. The molecular weight excluding hydrogens is 504 g/mol. The summed E-state index contributed by atoms with van der Waals surface area (Å²) in [6.45, 7) is 4.25. The van der Waals surface area contributed by atoms with Gasteiger partial charge in [-0.2, -0.15) is 4.57 Å². The lowest BCUT2D eigenvalue weighted by Crippen LogP contribution is -2.71. The molecule has 0 aromatic carbocycles. The molecule has 13 heteroatoms. The van der Waals surface area contributed by atoms with Crippen LogP contribution >= 0.6 is 23.1 Å². The third kappa shape index (κ3) is 4.55. The number of amides is 2. The summed E-state index contributed by atoms with van der Waals surface area (Å²) in [7, 11) is 0. The summed E-state index contributed by atoms with van der Waals surface area (Å²) < 4.78 is 1.94. The summed E-state index contributed by atoms with van der Waals surface area (Å²) in [4.78, 5) is 48.9. The van der Waals surface area contributed by atoms with Crippen molar-refractivity contribution in [1.82, 2.24) is 15.2 Å². The molecule has 0 unspecified atom stereocenters. The SMILES string of the molecule is Cc1ccc[n+](CC2=C(C(=O)[O-])N3C(=O)[C@@H](NC(=O)C(=NOC4CC4)c4csc(N)n4)[C@@H]3SC2)c1C. The van der Waals surface area contributed by atoms with E-state index in [9.17, 15) is 19.5 Å². The highest BCUT2D eigenvalue weighted by Crippen LogP contribution is 2.40. The number of thioether (sulfide) groups is 1. The monoisotopic (exact) mass is 528 g/mol. The van der Waals surface area contributed by atoms with Gasteiger partial charge in [0.1, 0.15) is 23.2 Å². The van der Waals surface area contributed by atoms with Crippen molar-refractivity contribution in [3.63, 3.8) is 0 Å². The van der Waals surface area contributed by atoms with Crippen molar-refractivity contribution < 1.29 is 28.9 Å². The van der Waals surface area contributed by atoms with E-state index in [1.165, 1.54) is 16.7 Å². The van der Waals surface area contributed by atoms with Crippen molar-refractivity contribution in [2.45, 2.75) is 50.8 Å². The van der Waals surface area contributed by atoms with Crippen LogP contribution in [0.4, 0.5) is 5.13 Å². The quantitative estimate of drug-likeness (QED) is 0.203. The minimum atomic E-state index is -1.42. The number of carboxylic acids is 1. The van der Waals surface area contributed by atoms with Crippen LogP contribution in [0.1, 0.15) is 29.8 Å². The molecule has 5 rings (SSSR count). The Morgan fingerprint density at radius 1 is 1.39 bits per heavy atom. The number of thiazole rings is 1. The molecule has 1 saturated heterocycles. The molecule has 188 valence electrons. The van der Waals surface area contributed by atoms with Crippen molar-refractivity contribution in [2.24, 2.45) is 5.16 Å². The van der Waals surface area contributed by atoms with Gasteiger partial charge in [0.25, 0.3) is 11.8 Å². The van der Waals surface area contributed by atoms with Crippen LogP contribution in [0.2, 0.25) is 0 Å². The van der Waals surface area contributed by atoms with Crippen LogP contribution in [0, 0.1) is 13.8 Å². The number of nitrogen functional groups attached to an aromatic ring is 1. The molecule has 0 spiro atoms. The van der Waals surface area contributed by atoms with Crippen LogP contribution in [0.25, 0.3) is 0 Å². The van der Waals surface area contributed by atoms with Gasteiger partial charge in [-0.1, -0.05) is 5.16 Å². The highest BCUT2D eigenvalue weighted by molar-refractivity contribution is 8.00. The van der Waals surface area contributed by atoms with Gasteiger partial charge >= 0.3 is 0 Å². The molecule has 0 radical (unpaired) electrons. The number of anilines is 1. The maximum atomic E-state index is 13.1. The normalized spacial score (nSPS) is 21.7. The Hall–Kier alpha value is -3.45. The van der Waals surface area contributed by atoms with Gasteiger partial charge in [-0.25, -0.2) is 4.98 Å². The highest BCUT2D eigenvalue weighted by atomic mass is 32.2. The number of fused-ring (bicyclic) bond motifs is 1. The first-order valence-electron chi connectivity index (χ1n) is 11.3. The Bertz CT molecular complexity index is 1320. The number of pyridine rings is 1. The largest absolute Gasteiger partial charge is 0.543 e. The fourth-order valence-electron chi connectivity index (χ4n) is 4.03. The lowest BCUT2D eigenvalue weighted by Gasteiger charge is -2.50. The molecule has 2 aromatic rings. The summed E-state index contributed by atoms with van der Waals surface area (Å²) in [5.74, 6) is -2.21. The summed E-state index contributed by atoms with van der Waals surface area (Å²) in [6.07, 6.45) is 3.54. The third-order valence-electron chi connectivity index (χ3n) is 6.30. The number of nitrogens with zero attached hydrogens (tertiary/aromatic N) is 4. The summed E-state index contributed by atoms with van der Waals surface area (Å²) in [5.41, 5.74) is 8.39. The second-order valence-electron chi connectivity index (χ2n) is 8.82. The average molecular weight is 529 g/mol. The molecule has 36 heavy (non-hydrogen) atoms. The number of carbonyl (C=O) groups is 3. The van der Waals surface area contributed by atoms with Crippen LogP contribution in [-0.4, -0.2) is 56.7 Å². The molecule has 0 bridgehead atoms. The van der Waals surface area contributed by atoms with Crippen LogP contribution in [0.3, 0.4) is 0 Å². The van der Waals surface area contributed by atoms with Crippen LogP contribution in [0.5, 0.6) is 0 Å². The number of aromatic nitrogens is 2. The second kappa shape index (κ2) is 9.54. The molecule has 2 fully saturated rings. The fourth-order valence-corrected chi connectivity index (χ4v) is 5.91. The van der Waals surface area contributed by atoms with Crippen LogP contribution < -0.4 is 20.7 Å². The molecule has 2 aliphatic heterocycles. The number of hydrogen-bond donors (Lipinski definition) is 2. The highest BCUT2D eigenvalue weighted by Gasteiger charge is 2.53. The van der Waals surface area contributed by atoms with Crippen LogP contribution in [-0.2, 0) is 25.8 Å². The molecule has 4 heterocycles. The summed E-state index contributed by atoms with van der Waals surface area (Å²) in [5, 5.41) is 20.0. The van der Waals surface area contributed by atoms with Gasteiger partial charge in [0.15, 0.2) is 29.3 Å². The number of nitrogens with one attached hydrogen (secondary N) is 1. The maximum absolute atomic E-state index is 13.1. The van der Waals surface area contributed by atoms with Gasteiger partial charge in [0.05, 0.1) is 11.7 Å². The van der Waals surface area contributed by atoms with Crippen molar-refractivity contribution in [1.29, 1.82) is 0 Å². The first kappa shape index (κ1) is 24.3. The fraction of sp³-hybridized carbons (Fsp3) is 0.391. The van der Waals surface area contributed by atoms with E-state index in [0.717, 1.165) is 35.4 Å². The summed E-state index contributed by atoms with van der Waals surface area (Å²) >= 11 is 2.54. The Kier molecular flexibility index (Phi) is 6.43. The zero-order chi connectivity index (χ0) is 25.6. The van der Waals surface area contributed by atoms with Gasteiger partial charge in [0, 0.05) is 35.3 Å². The van der Waals surface area contributed by atoms with Crippen molar-refractivity contribution in [3.8, 4) is 0 Å². The Balaban J connectivity index is 1.35. The van der Waals surface area contributed by atoms with E-state index in [-0.39, 0.29) is 28.3 Å². The number of carbonyl (C=O) groups excluding carboxylic acids is 3. The predicted molar refractivity (Wildman–Crippen MR) is 130 cm³/mol. The molecule has 2 atom stereocenters. The average Bonchev–Trinajstić information content (AvgIpc) is 3.58. The summed E-state index contributed by atoms with van der Waals surface area (Å²) in [6, 6.07) is 2.95. The van der Waals surface area contributed by atoms with Crippen molar-refractivity contribution >= 4 is 51.7 Å². The second-order valence-corrected chi connectivity index (χ2v) is 10.8. The zero-order valence-corrected chi connectivity index (χ0v) is 21.2. The van der Waals surface area contributed by atoms with Gasteiger partial charge in [-0.05, 0) is 25.8 Å². The zero-order valence-electron chi connectivity index (χ0n) is 19.6. The number of carboxylic acid groups (broad SMARTS) is 1. The first-order valence-corrected chi connectivity index (χ1v) is 13.3. The van der Waals surface area contributed by atoms with E-state index in [1.807, 2.05) is 36.7 Å². The van der Waals surface area contributed by atoms with Gasteiger partial charge < -0.3 is 25.8 Å². The predicted octanol–water partition coefficient (Wildman–Crippen LogP) is -0.383. The minimum Gasteiger partial charge on any atom is -0.543 e. The van der Waals surface area contributed by atoms with E-state index >= 15 is 0 Å². The third-order valence-corrected chi connectivity index (χ3v) is 8.31. The van der Waals surface area contributed by atoms with E-state index in [0.29, 0.717) is 17.9 Å². The van der Waals surface area contributed by atoms with Crippen LogP contribution in [0.15, 0.2) is 40.1 Å². The lowest BCUT2D eigenvalue weighted by atomic mass is 10.0. The van der Waals surface area contributed by atoms with E-state index in [4.69, 9.17) is 10.6 Å². The number of aryl methyl sites for hydroxylation is 1. The maximum Gasteiger partial charge on any atom is 0.276 e. The number of nitrogens with two attached hydrogens (primary N) is 1. The smallest absolute Gasteiger partial charge is 0.276 e. The number of rotatable bonds is 8. The molecule has 2 aromatic heterocycles. The number of hydrogen-bond acceptors (Lipinski definition) is 10. The van der Waals surface area contributed by atoms with Crippen molar-refractivity contribution in [3.05, 3.63) is 51.9 Å². The number of β-lactam (4-membered cyclic amide) rings is 1. The first-order chi connectivity index (χ1) is 17.2. The molecule has 1 aliphatic carbocycles. The molecular formula is C23H24N6O5S2. The van der Waals surface area contributed by atoms with Gasteiger partial charge in [-0.3, -0.25) is 14.5 Å². The molecule has 11 nitrogen and oxygen atoms in total. The number of oxime groups is 1. The molecule has 3 N–H and O–H groups in total. The Morgan fingerprint density at radius 3 is 2.83 bits per heavy atom. The van der Waals surface area contributed by atoms with E-state index < -0.39 is 29.2 Å². The lowest BCUT2D eigenvalue weighted by molar-refractivity contribution is -0.695. The molecule has 3 aliphatic rings. The Labute approximate surface area is 215 Å². The molecule has 1 saturated carbocycles. The van der Waals surface area contributed by atoms with E-state index in [2.05, 4.69) is 15.5 Å².